The zero-order valence-corrected chi connectivity index (χ0v) is 13.3. The predicted octanol–water partition coefficient (Wildman–Crippen LogP) is 4.22. The van der Waals surface area contributed by atoms with E-state index in [1.54, 1.807) is 24.3 Å². The van der Waals surface area contributed by atoms with E-state index in [0.717, 1.165) is 11.3 Å². The van der Waals surface area contributed by atoms with Gasteiger partial charge < -0.3 is 10.4 Å². The molecule has 0 aliphatic carbocycles. The molecule has 1 aromatic heterocycles. The second kappa shape index (κ2) is 5.85. The summed E-state index contributed by atoms with van der Waals surface area (Å²) in [5.74, 6) is -1.61. The minimum Gasteiger partial charge on any atom is -0.478 e. The average Bonchev–Trinajstić information content (AvgIpc) is 2.65. The van der Waals surface area contributed by atoms with Crippen LogP contribution in [0.25, 0.3) is 0 Å². The molecule has 7 heteroatoms. The molecule has 1 amide bonds. The Hall–Kier alpha value is -1.18. The smallest absolute Gasteiger partial charge is 0.338 e. The Balaban J connectivity index is 2.37. The highest BCUT2D eigenvalue weighted by molar-refractivity contribution is 9.12. The molecule has 0 spiro atoms. The SMILES string of the molecule is O=C(O)c1c(Br)sc(Br)c1C(=O)Nc1ccccc1. The summed E-state index contributed by atoms with van der Waals surface area (Å²) in [7, 11) is 0. The van der Waals surface area contributed by atoms with E-state index < -0.39 is 11.9 Å². The first-order valence-electron chi connectivity index (χ1n) is 5.08. The number of thiophene rings is 1. The van der Waals surface area contributed by atoms with Crippen molar-refractivity contribution in [3.8, 4) is 0 Å². The molecule has 0 unspecified atom stereocenters. The standard InChI is InChI=1S/C12H7Br2NO3S/c13-9-7(8(12(17)18)10(14)19-9)11(16)15-6-4-2-1-3-5-6/h1-5H,(H,15,16)(H,17,18). The molecular weight excluding hydrogens is 398 g/mol. The zero-order valence-electron chi connectivity index (χ0n) is 9.31. The lowest BCUT2D eigenvalue weighted by Crippen LogP contribution is -2.15. The maximum atomic E-state index is 12.2. The van der Waals surface area contributed by atoms with Crippen LogP contribution in [0.5, 0.6) is 0 Å². The van der Waals surface area contributed by atoms with Crippen molar-refractivity contribution in [3.05, 3.63) is 49.0 Å². The molecule has 4 nitrogen and oxygen atoms in total. The summed E-state index contributed by atoms with van der Waals surface area (Å²) < 4.78 is 0.885. The first kappa shape index (κ1) is 14.2. The Morgan fingerprint density at radius 3 is 2.21 bits per heavy atom. The summed E-state index contributed by atoms with van der Waals surface area (Å²) >= 11 is 7.52. The molecule has 0 bridgehead atoms. The number of anilines is 1. The Morgan fingerprint density at radius 2 is 1.63 bits per heavy atom. The summed E-state index contributed by atoms with van der Waals surface area (Å²) in [6.45, 7) is 0. The van der Waals surface area contributed by atoms with Crippen molar-refractivity contribution >= 4 is 60.8 Å². The molecule has 2 N–H and O–H groups in total. The molecule has 0 radical (unpaired) electrons. The van der Waals surface area contributed by atoms with Crippen LogP contribution in [0.3, 0.4) is 0 Å². The van der Waals surface area contributed by atoms with Crippen molar-refractivity contribution < 1.29 is 14.7 Å². The van der Waals surface area contributed by atoms with Gasteiger partial charge in [0.05, 0.1) is 18.7 Å². The molecule has 2 aromatic rings. The molecule has 0 atom stereocenters. The highest BCUT2D eigenvalue weighted by Gasteiger charge is 2.26. The first-order valence-corrected chi connectivity index (χ1v) is 7.48. The van der Waals surface area contributed by atoms with Gasteiger partial charge in [-0.25, -0.2) is 4.79 Å². The number of carbonyl (C=O) groups excluding carboxylic acids is 1. The van der Waals surface area contributed by atoms with Crippen molar-refractivity contribution in [1.29, 1.82) is 0 Å². The number of nitrogens with one attached hydrogen (secondary N) is 1. The van der Waals surface area contributed by atoms with Gasteiger partial charge in [-0.05, 0) is 44.0 Å². The highest BCUT2D eigenvalue weighted by Crippen LogP contribution is 2.37. The summed E-state index contributed by atoms with van der Waals surface area (Å²) in [5.41, 5.74) is 0.691. The zero-order chi connectivity index (χ0) is 14.0. The average molecular weight is 405 g/mol. The third-order valence-electron chi connectivity index (χ3n) is 2.29. The molecule has 2 rings (SSSR count). The van der Waals surface area contributed by atoms with Crippen LogP contribution in [0.4, 0.5) is 5.69 Å². The van der Waals surface area contributed by atoms with Gasteiger partial charge in [-0.3, -0.25) is 4.79 Å². The van der Waals surface area contributed by atoms with Crippen molar-refractivity contribution in [1.82, 2.24) is 0 Å². The Bertz CT molecular complexity index is 640. The fourth-order valence-electron chi connectivity index (χ4n) is 1.49. The number of amides is 1. The molecule has 0 aliphatic heterocycles. The van der Waals surface area contributed by atoms with Crippen LogP contribution in [0.15, 0.2) is 37.9 Å². The van der Waals surface area contributed by atoms with Crippen molar-refractivity contribution in [3.63, 3.8) is 0 Å². The van der Waals surface area contributed by atoms with Gasteiger partial charge in [-0.15, -0.1) is 11.3 Å². The largest absolute Gasteiger partial charge is 0.478 e. The lowest BCUT2D eigenvalue weighted by molar-refractivity contribution is 0.0692. The fourth-order valence-corrected chi connectivity index (χ4v) is 4.60. The molecule has 1 heterocycles. The molecule has 0 saturated heterocycles. The van der Waals surface area contributed by atoms with Crippen LogP contribution in [0.1, 0.15) is 20.7 Å². The Labute approximate surface area is 129 Å². The van der Waals surface area contributed by atoms with Crippen LogP contribution >= 0.6 is 43.2 Å². The van der Waals surface area contributed by atoms with Crippen LogP contribution in [0.2, 0.25) is 0 Å². The van der Waals surface area contributed by atoms with E-state index in [9.17, 15) is 9.59 Å². The first-order chi connectivity index (χ1) is 9.00. The van der Waals surface area contributed by atoms with Crippen molar-refractivity contribution in [2.75, 3.05) is 5.32 Å². The summed E-state index contributed by atoms with van der Waals surface area (Å²) in [6.07, 6.45) is 0. The number of carboxylic acids is 1. The predicted molar refractivity (Wildman–Crippen MR) is 81.1 cm³/mol. The molecule has 0 aliphatic rings. The minimum atomic E-state index is -1.15. The van der Waals surface area contributed by atoms with Gasteiger partial charge in [-0.1, -0.05) is 18.2 Å². The van der Waals surface area contributed by atoms with Crippen LogP contribution < -0.4 is 5.32 Å². The lowest BCUT2D eigenvalue weighted by Gasteiger charge is -2.05. The molecule has 19 heavy (non-hydrogen) atoms. The van der Waals surface area contributed by atoms with E-state index in [-0.39, 0.29) is 11.1 Å². The lowest BCUT2D eigenvalue weighted by atomic mass is 10.2. The molecule has 0 saturated carbocycles. The Kier molecular flexibility index (Phi) is 4.38. The molecule has 98 valence electrons. The van der Waals surface area contributed by atoms with E-state index in [0.29, 0.717) is 13.3 Å². The van der Waals surface area contributed by atoms with Gasteiger partial charge >= 0.3 is 5.97 Å². The summed E-state index contributed by atoms with van der Waals surface area (Å²) in [4.78, 5) is 23.3. The van der Waals surface area contributed by atoms with Crippen molar-refractivity contribution in [2.24, 2.45) is 0 Å². The maximum absolute atomic E-state index is 12.2. The van der Waals surface area contributed by atoms with Gasteiger partial charge in [0, 0.05) is 5.69 Å². The molecule has 1 aromatic carbocycles. The quantitative estimate of drug-likeness (QED) is 0.804. The van der Waals surface area contributed by atoms with Crippen LogP contribution in [-0.2, 0) is 0 Å². The van der Waals surface area contributed by atoms with E-state index in [1.165, 1.54) is 0 Å². The summed E-state index contributed by atoms with van der Waals surface area (Å²) in [6, 6.07) is 8.86. The number of carboxylic acid groups (broad SMARTS) is 1. The number of benzene rings is 1. The van der Waals surface area contributed by atoms with Gasteiger partial charge in [0.25, 0.3) is 5.91 Å². The highest BCUT2D eigenvalue weighted by atomic mass is 79.9. The number of rotatable bonds is 3. The Morgan fingerprint density at radius 1 is 1.05 bits per heavy atom. The van der Waals surface area contributed by atoms with E-state index in [1.807, 2.05) is 6.07 Å². The maximum Gasteiger partial charge on any atom is 0.338 e. The van der Waals surface area contributed by atoms with Gasteiger partial charge in [0.15, 0.2) is 0 Å². The van der Waals surface area contributed by atoms with E-state index >= 15 is 0 Å². The fraction of sp³-hybridized carbons (Fsp3) is 0. The molecule has 0 fully saturated rings. The number of hydrogen-bond donors (Lipinski definition) is 2. The second-order valence-electron chi connectivity index (χ2n) is 3.52. The van der Waals surface area contributed by atoms with E-state index in [4.69, 9.17) is 5.11 Å². The topological polar surface area (TPSA) is 66.4 Å². The van der Waals surface area contributed by atoms with Crippen molar-refractivity contribution in [2.45, 2.75) is 0 Å². The number of halogens is 2. The number of carbonyl (C=O) groups is 2. The second-order valence-corrected chi connectivity index (χ2v) is 7.18. The van der Waals surface area contributed by atoms with Gasteiger partial charge in [0.2, 0.25) is 0 Å². The summed E-state index contributed by atoms with van der Waals surface area (Å²) in [5, 5.41) is 11.8. The normalized spacial score (nSPS) is 10.2. The monoisotopic (exact) mass is 403 g/mol. The number of hydrogen-bond acceptors (Lipinski definition) is 3. The number of para-hydroxylation sites is 1. The van der Waals surface area contributed by atoms with Crippen LogP contribution in [0, 0.1) is 0 Å². The number of aromatic carboxylic acids is 1. The third kappa shape index (κ3) is 3.05. The third-order valence-corrected chi connectivity index (χ3v) is 4.83. The van der Waals surface area contributed by atoms with Gasteiger partial charge in [0.1, 0.15) is 0 Å². The molecular formula is C12H7Br2NO3S. The van der Waals surface area contributed by atoms with E-state index in [2.05, 4.69) is 37.2 Å². The van der Waals surface area contributed by atoms with Gasteiger partial charge in [-0.2, -0.15) is 0 Å². The van der Waals surface area contributed by atoms with Crippen LogP contribution in [-0.4, -0.2) is 17.0 Å². The minimum absolute atomic E-state index is 0.0368.